The average molecular weight is 268 g/mol. The van der Waals surface area contributed by atoms with Crippen LogP contribution in [0.1, 0.15) is 51.4 Å². The minimum absolute atomic E-state index is 0.0283. The van der Waals surface area contributed by atoms with E-state index in [1.165, 1.54) is 12.8 Å². The van der Waals surface area contributed by atoms with E-state index in [2.05, 4.69) is 5.32 Å². The first-order valence-electron chi connectivity index (χ1n) is 7.40. The number of carboxylic acid groups (broad SMARTS) is 1. The number of nitrogens with one attached hydrogen (secondary N) is 1. The zero-order chi connectivity index (χ0) is 13.7. The fraction of sp³-hybridized carbons (Fsp3) is 0.857. The number of piperidine rings is 1. The van der Waals surface area contributed by atoms with Gasteiger partial charge in [-0.3, -0.25) is 14.5 Å². The molecule has 2 N–H and O–H groups in total. The van der Waals surface area contributed by atoms with Crippen molar-refractivity contribution < 1.29 is 14.7 Å². The second kappa shape index (κ2) is 6.89. The zero-order valence-corrected chi connectivity index (χ0v) is 11.4. The van der Waals surface area contributed by atoms with Crippen LogP contribution in [0.3, 0.4) is 0 Å². The Balaban J connectivity index is 1.80. The predicted molar refractivity (Wildman–Crippen MR) is 71.9 cm³/mol. The van der Waals surface area contributed by atoms with Gasteiger partial charge >= 0.3 is 5.97 Å². The lowest BCUT2D eigenvalue weighted by atomic mass is 9.99. The second-order valence-corrected chi connectivity index (χ2v) is 5.77. The molecule has 1 saturated carbocycles. The Labute approximate surface area is 114 Å². The first-order valence-corrected chi connectivity index (χ1v) is 7.40. The quantitative estimate of drug-likeness (QED) is 0.790. The molecule has 0 aromatic heterocycles. The summed E-state index contributed by atoms with van der Waals surface area (Å²) in [5.41, 5.74) is 0. The SMILES string of the molecule is O=C(O)CC1CCCCN1CC(=O)NC1CCCC1. The summed E-state index contributed by atoms with van der Waals surface area (Å²) in [6.45, 7) is 1.20. The van der Waals surface area contributed by atoms with E-state index in [0.717, 1.165) is 38.6 Å². The molecule has 1 amide bonds. The molecule has 2 fully saturated rings. The van der Waals surface area contributed by atoms with Gasteiger partial charge in [0.25, 0.3) is 0 Å². The highest BCUT2D eigenvalue weighted by molar-refractivity contribution is 5.78. The van der Waals surface area contributed by atoms with Crippen LogP contribution >= 0.6 is 0 Å². The standard InChI is InChI=1S/C14H24N2O3/c17-13(15-11-5-1-2-6-11)10-16-8-4-3-7-12(16)9-14(18)19/h11-12H,1-10H2,(H,15,17)(H,18,19). The van der Waals surface area contributed by atoms with Crippen molar-refractivity contribution in [2.45, 2.75) is 63.5 Å². The van der Waals surface area contributed by atoms with E-state index in [4.69, 9.17) is 5.11 Å². The number of carboxylic acids is 1. The monoisotopic (exact) mass is 268 g/mol. The highest BCUT2D eigenvalue weighted by Crippen LogP contribution is 2.20. The Morgan fingerprint density at radius 2 is 1.79 bits per heavy atom. The van der Waals surface area contributed by atoms with Gasteiger partial charge in [0.1, 0.15) is 0 Å². The van der Waals surface area contributed by atoms with Crippen LogP contribution in [0.25, 0.3) is 0 Å². The van der Waals surface area contributed by atoms with E-state index in [1.807, 2.05) is 4.90 Å². The summed E-state index contributed by atoms with van der Waals surface area (Å²) in [6.07, 6.45) is 7.76. The molecular formula is C14H24N2O3. The number of carbonyl (C=O) groups is 2. The second-order valence-electron chi connectivity index (χ2n) is 5.77. The molecular weight excluding hydrogens is 244 g/mol. The van der Waals surface area contributed by atoms with E-state index >= 15 is 0 Å². The van der Waals surface area contributed by atoms with Gasteiger partial charge in [-0.25, -0.2) is 0 Å². The van der Waals surface area contributed by atoms with Gasteiger partial charge in [0.05, 0.1) is 13.0 Å². The lowest BCUT2D eigenvalue weighted by molar-refractivity contribution is -0.139. The Hall–Kier alpha value is -1.10. The van der Waals surface area contributed by atoms with Crippen molar-refractivity contribution in [1.29, 1.82) is 0 Å². The van der Waals surface area contributed by atoms with Crippen LogP contribution < -0.4 is 5.32 Å². The summed E-state index contributed by atoms with van der Waals surface area (Å²) in [4.78, 5) is 24.9. The van der Waals surface area contributed by atoms with E-state index < -0.39 is 5.97 Å². The number of hydrogen-bond acceptors (Lipinski definition) is 3. The van der Waals surface area contributed by atoms with Gasteiger partial charge in [-0.15, -0.1) is 0 Å². The van der Waals surface area contributed by atoms with Gasteiger partial charge in [-0.1, -0.05) is 19.3 Å². The molecule has 0 aromatic carbocycles. The molecule has 5 nitrogen and oxygen atoms in total. The van der Waals surface area contributed by atoms with Gasteiger partial charge in [-0.05, 0) is 32.2 Å². The highest BCUT2D eigenvalue weighted by atomic mass is 16.4. The molecule has 1 heterocycles. The van der Waals surface area contributed by atoms with E-state index in [1.54, 1.807) is 0 Å². The summed E-state index contributed by atoms with van der Waals surface area (Å²) in [5, 5.41) is 12.0. The smallest absolute Gasteiger partial charge is 0.304 e. The van der Waals surface area contributed by atoms with Gasteiger partial charge < -0.3 is 10.4 Å². The number of hydrogen-bond donors (Lipinski definition) is 2. The first-order chi connectivity index (χ1) is 9.15. The largest absolute Gasteiger partial charge is 0.481 e. The van der Waals surface area contributed by atoms with Gasteiger partial charge in [-0.2, -0.15) is 0 Å². The average Bonchev–Trinajstić information content (AvgIpc) is 2.83. The van der Waals surface area contributed by atoms with E-state index in [0.29, 0.717) is 12.6 Å². The number of aliphatic carboxylic acids is 1. The number of likely N-dealkylation sites (tertiary alicyclic amines) is 1. The van der Waals surface area contributed by atoms with Gasteiger partial charge in [0.2, 0.25) is 5.91 Å². The molecule has 2 aliphatic rings. The van der Waals surface area contributed by atoms with Crippen molar-refractivity contribution in [1.82, 2.24) is 10.2 Å². The maximum Gasteiger partial charge on any atom is 0.304 e. The van der Waals surface area contributed by atoms with Gasteiger partial charge in [0, 0.05) is 12.1 Å². The van der Waals surface area contributed by atoms with Gasteiger partial charge in [0.15, 0.2) is 0 Å². The maximum atomic E-state index is 12.0. The third-order valence-electron chi connectivity index (χ3n) is 4.23. The predicted octanol–water partition coefficient (Wildman–Crippen LogP) is 1.37. The van der Waals surface area contributed by atoms with E-state index in [-0.39, 0.29) is 18.4 Å². The molecule has 108 valence electrons. The lowest BCUT2D eigenvalue weighted by Gasteiger charge is -2.34. The van der Waals surface area contributed by atoms with Crippen molar-refractivity contribution in [2.24, 2.45) is 0 Å². The van der Waals surface area contributed by atoms with Crippen LogP contribution in [0.4, 0.5) is 0 Å². The van der Waals surface area contributed by atoms with E-state index in [9.17, 15) is 9.59 Å². The minimum Gasteiger partial charge on any atom is -0.481 e. The van der Waals surface area contributed by atoms with Crippen molar-refractivity contribution in [2.75, 3.05) is 13.1 Å². The third-order valence-corrected chi connectivity index (χ3v) is 4.23. The molecule has 1 aliphatic carbocycles. The molecule has 1 aliphatic heterocycles. The van der Waals surface area contributed by atoms with Crippen LogP contribution in [0.5, 0.6) is 0 Å². The molecule has 1 saturated heterocycles. The topological polar surface area (TPSA) is 69.6 Å². The number of nitrogens with zero attached hydrogens (tertiary/aromatic N) is 1. The molecule has 0 aromatic rings. The number of amides is 1. The number of rotatable bonds is 5. The summed E-state index contributed by atoms with van der Waals surface area (Å²) >= 11 is 0. The third kappa shape index (κ3) is 4.49. The van der Waals surface area contributed by atoms with Crippen LogP contribution in [0, 0.1) is 0 Å². The molecule has 1 atom stereocenters. The Kier molecular flexibility index (Phi) is 5.19. The number of carbonyl (C=O) groups excluding carboxylic acids is 1. The molecule has 19 heavy (non-hydrogen) atoms. The molecule has 0 bridgehead atoms. The normalized spacial score (nSPS) is 25.4. The molecule has 0 spiro atoms. The summed E-state index contributed by atoms with van der Waals surface area (Å²) in [5.74, 6) is -0.711. The Bertz CT molecular complexity index is 327. The summed E-state index contributed by atoms with van der Waals surface area (Å²) in [6, 6.07) is 0.371. The zero-order valence-electron chi connectivity index (χ0n) is 11.4. The van der Waals surface area contributed by atoms with Crippen LogP contribution in [0.15, 0.2) is 0 Å². The Morgan fingerprint density at radius 1 is 1.11 bits per heavy atom. The highest BCUT2D eigenvalue weighted by Gasteiger charge is 2.27. The molecule has 2 rings (SSSR count). The molecule has 1 unspecified atom stereocenters. The van der Waals surface area contributed by atoms with Crippen molar-refractivity contribution in [3.63, 3.8) is 0 Å². The fourth-order valence-corrected chi connectivity index (χ4v) is 3.23. The summed E-state index contributed by atoms with van der Waals surface area (Å²) in [7, 11) is 0. The maximum absolute atomic E-state index is 12.0. The van der Waals surface area contributed by atoms with Crippen molar-refractivity contribution in [3.05, 3.63) is 0 Å². The fourth-order valence-electron chi connectivity index (χ4n) is 3.23. The van der Waals surface area contributed by atoms with Crippen LogP contribution in [0.2, 0.25) is 0 Å². The van der Waals surface area contributed by atoms with Crippen LogP contribution in [-0.4, -0.2) is 47.1 Å². The lowest BCUT2D eigenvalue weighted by Crippen LogP contribution is -2.47. The molecule has 0 radical (unpaired) electrons. The summed E-state index contributed by atoms with van der Waals surface area (Å²) < 4.78 is 0. The van der Waals surface area contributed by atoms with Crippen molar-refractivity contribution in [3.8, 4) is 0 Å². The first kappa shape index (κ1) is 14.3. The molecule has 5 heteroatoms. The van der Waals surface area contributed by atoms with Crippen molar-refractivity contribution >= 4 is 11.9 Å². The Morgan fingerprint density at radius 3 is 2.47 bits per heavy atom. The minimum atomic E-state index is -0.770. The van der Waals surface area contributed by atoms with Crippen LogP contribution in [-0.2, 0) is 9.59 Å².